The van der Waals surface area contributed by atoms with E-state index in [0.717, 1.165) is 25.2 Å². The van der Waals surface area contributed by atoms with E-state index < -0.39 is 0 Å². The molecule has 0 aliphatic carbocycles. The molecule has 2 N–H and O–H groups in total. The summed E-state index contributed by atoms with van der Waals surface area (Å²) < 4.78 is 5.02. The molecule has 5 heteroatoms. The van der Waals surface area contributed by atoms with E-state index in [1.54, 1.807) is 7.11 Å². The summed E-state index contributed by atoms with van der Waals surface area (Å²) >= 11 is 0. The number of amides is 1. The second-order valence-electron chi connectivity index (χ2n) is 5.15. The van der Waals surface area contributed by atoms with Gasteiger partial charge >= 0.3 is 0 Å². The molecular weight excluding hydrogens is 254 g/mol. The normalized spacial score (nSPS) is 16.9. The molecule has 1 aromatic rings. The Kier molecular flexibility index (Phi) is 5.38. The standard InChI is InChI=1S/C15H23N3O2/c1-18(9-10-20-2)8-7-16-15(19)14-11-12-5-3-4-6-13(12)17-14/h3-6,14,17H,7-11H2,1-2H3,(H,16,19)/t14-/m0/s1. The zero-order valence-corrected chi connectivity index (χ0v) is 12.2. The summed E-state index contributed by atoms with van der Waals surface area (Å²) in [7, 11) is 3.72. The first-order valence-electron chi connectivity index (χ1n) is 7.00. The van der Waals surface area contributed by atoms with E-state index in [4.69, 9.17) is 4.74 Å². The summed E-state index contributed by atoms with van der Waals surface area (Å²) in [6, 6.07) is 7.93. The van der Waals surface area contributed by atoms with Gasteiger partial charge in [-0.25, -0.2) is 0 Å². The predicted octanol–water partition coefficient (Wildman–Crippen LogP) is 0.718. The number of rotatable bonds is 7. The molecule has 0 fully saturated rings. The lowest BCUT2D eigenvalue weighted by Crippen LogP contribution is -2.41. The molecule has 1 amide bonds. The van der Waals surface area contributed by atoms with Crippen molar-refractivity contribution in [2.75, 3.05) is 45.7 Å². The van der Waals surface area contributed by atoms with E-state index in [1.807, 2.05) is 25.2 Å². The highest BCUT2D eigenvalue weighted by Gasteiger charge is 2.25. The fraction of sp³-hybridized carbons (Fsp3) is 0.533. The lowest BCUT2D eigenvalue weighted by atomic mass is 10.1. The first-order chi connectivity index (χ1) is 9.70. The van der Waals surface area contributed by atoms with Gasteiger partial charge in [-0.3, -0.25) is 4.79 Å². The van der Waals surface area contributed by atoms with Gasteiger partial charge in [0, 0.05) is 38.9 Å². The van der Waals surface area contributed by atoms with E-state index in [-0.39, 0.29) is 11.9 Å². The fourth-order valence-corrected chi connectivity index (χ4v) is 2.31. The average molecular weight is 277 g/mol. The number of para-hydroxylation sites is 1. The third-order valence-corrected chi connectivity index (χ3v) is 3.56. The van der Waals surface area contributed by atoms with Crippen LogP contribution in [0.4, 0.5) is 5.69 Å². The van der Waals surface area contributed by atoms with Gasteiger partial charge in [-0.2, -0.15) is 0 Å². The topological polar surface area (TPSA) is 53.6 Å². The summed E-state index contributed by atoms with van der Waals surface area (Å²) in [6.07, 6.45) is 0.765. The molecule has 1 atom stereocenters. The van der Waals surface area contributed by atoms with Crippen molar-refractivity contribution >= 4 is 11.6 Å². The van der Waals surface area contributed by atoms with Crippen LogP contribution in [0.25, 0.3) is 0 Å². The molecule has 5 nitrogen and oxygen atoms in total. The number of carbonyl (C=O) groups excluding carboxylic acids is 1. The van der Waals surface area contributed by atoms with Crippen molar-refractivity contribution in [3.63, 3.8) is 0 Å². The van der Waals surface area contributed by atoms with Gasteiger partial charge in [-0.15, -0.1) is 0 Å². The molecule has 0 unspecified atom stereocenters. The molecule has 110 valence electrons. The lowest BCUT2D eigenvalue weighted by Gasteiger charge is -2.17. The number of nitrogens with one attached hydrogen (secondary N) is 2. The van der Waals surface area contributed by atoms with Gasteiger partial charge in [0.2, 0.25) is 5.91 Å². The largest absolute Gasteiger partial charge is 0.383 e. The van der Waals surface area contributed by atoms with E-state index in [2.05, 4.69) is 21.6 Å². The second-order valence-corrected chi connectivity index (χ2v) is 5.15. The summed E-state index contributed by atoms with van der Waals surface area (Å²) in [6.45, 7) is 3.08. The number of methoxy groups -OCH3 is 1. The van der Waals surface area contributed by atoms with Crippen LogP contribution in [0.5, 0.6) is 0 Å². The van der Waals surface area contributed by atoms with Crippen LogP contribution in [0.15, 0.2) is 24.3 Å². The number of ether oxygens (including phenoxy) is 1. The molecule has 1 heterocycles. The Morgan fingerprint density at radius 2 is 2.25 bits per heavy atom. The van der Waals surface area contributed by atoms with Crippen LogP contribution in [0.2, 0.25) is 0 Å². The minimum absolute atomic E-state index is 0.0707. The smallest absolute Gasteiger partial charge is 0.242 e. The van der Waals surface area contributed by atoms with Crippen molar-refractivity contribution in [1.29, 1.82) is 0 Å². The van der Waals surface area contributed by atoms with Gasteiger partial charge in [0.05, 0.1) is 6.61 Å². The number of likely N-dealkylation sites (N-methyl/N-ethyl adjacent to an activating group) is 1. The van der Waals surface area contributed by atoms with Crippen LogP contribution >= 0.6 is 0 Å². The van der Waals surface area contributed by atoms with Crippen LogP contribution in [-0.2, 0) is 16.0 Å². The Hall–Kier alpha value is -1.59. The molecule has 0 saturated heterocycles. The highest BCUT2D eigenvalue weighted by atomic mass is 16.5. The van der Waals surface area contributed by atoms with Crippen LogP contribution in [0, 0.1) is 0 Å². The predicted molar refractivity (Wildman–Crippen MR) is 79.9 cm³/mol. The van der Waals surface area contributed by atoms with Gasteiger partial charge < -0.3 is 20.3 Å². The van der Waals surface area contributed by atoms with Crippen LogP contribution < -0.4 is 10.6 Å². The Morgan fingerprint density at radius 3 is 3.00 bits per heavy atom. The highest BCUT2D eigenvalue weighted by Crippen LogP contribution is 2.24. The number of fused-ring (bicyclic) bond motifs is 1. The minimum atomic E-state index is -0.142. The van der Waals surface area contributed by atoms with Gasteiger partial charge in [0.25, 0.3) is 0 Å². The van der Waals surface area contributed by atoms with Gasteiger partial charge in [0.1, 0.15) is 6.04 Å². The first kappa shape index (κ1) is 14.8. The Labute approximate surface area is 120 Å². The van der Waals surface area contributed by atoms with Crippen molar-refractivity contribution in [1.82, 2.24) is 10.2 Å². The first-order valence-corrected chi connectivity index (χ1v) is 7.00. The molecule has 0 bridgehead atoms. The summed E-state index contributed by atoms with van der Waals surface area (Å²) in [4.78, 5) is 14.2. The molecule has 2 rings (SSSR count). The van der Waals surface area contributed by atoms with Crippen molar-refractivity contribution < 1.29 is 9.53 Å². The van der Waals surface area contributed by atoms with Crippen LogP contribution in [0.1, 0.15) is 5.56 Å². The minimum Gasteiger partial charge on any atom is -0.383 e. The van der Waals surface area contributed by atoms with Crippen molar-refractivity contribution in [3.05, 3.63) is 29.8 Å². The Morgan fingerprint density at radius 1 is 1.45 bits per heavy atom. The summed E-state index contributed by atoms with van der Waals surface area (Å²) in [5, 5.41) is 6.24. The molecule has 0 radical (unpaired) electrons. The molecule has 0 spiro atoms. The maximum atomic E-state index is 12.1. The summed E-state index contributed by atoms with van der Waals surface area (Å²) in [5.74, 6) is 0.0707. The third kappa shape index (κ3) is 3.95. The molecular formula is C15H23N3O2. The Bertz CT molecular complexity index is 425. The SMILES string of the molecule is COCCN(C)CCNC(=O)[C@@H]1Cc2ccccc2N1. The van der Waals surface area contributed by atoms with Crippen molar-refractivity contribution in [3.8, 4) is 0 Å². The molecule has 0 aromatic heterocycles. The van der Waals surface area contributed by atoms with Gasteiger partial charge in [-0.05, 0) is 18.7 Å². The van der Waals surface area contributed by atoms with E-state index in [9.17, 15) is 4.79 Å². The zero-order chi connectivity index (χ0) is 14.4. The molecule has 1 aliphatic heterocycles. The number of nitrogens with zero attached hydrogens (tertiary/aromatic N) is 1. The van der Waals surface area contributed by atoms with Crippen molar-refractivity contribution in [2.45, 2.75) is 12.5 Å². The monoisotopic (exact) mass is 277 g/mol. The van der Waals surface area contributed by atoms with Crippen LogP contribution in [-0.4, -0.2) is 57.2 Å². The average Bonchev–Trinajstić information content (AvgIpc) is 2.89. The number of hydrogen-bond donors (Lipinski definition) is 2. The van der Waals surface area contributed by atoms with E-state index in [0.29, 0.717) is 13.2 Å². The third-order valence-electron chi connectivity index (χ3n) is 3.56. The van der Waals surface area contributed by atoms with Crippen molar-refractivity contribution in [2.24, 2.45) is 0 Å². The molecule has 0 saturated carbocycles. The summed E-state index contributed by atoms with van der Waals surface area (Å²) in [5.41, 5.74) is 2.29. The van der Waals surface area contributed by atoms with Gasteiger partial charge in [-0.1, -0.05) is 18.2 Å². The van der Waals surface area contributed by atoms with Gasteiger partial charge in [0.15, 0.2) is 0 Å². The highest BCUT2D eigenvalue weighted by molar-refractivity contribution is 5.87. The van der Waals surface area contributed by atoms with E-state index >= 15 is 0 Å². The number of hydrogen-bond acceptors (Lipinski definition) is 4. The fourth-order valence-electron chi connectivity index (χ4n) is 2.31. The van der Waals surface area contributed by atoms with Crippen LogP contribution in [0.3, 0.4) is 0 Å². The molecule has 1 aromatic carbocycles. The molecule has 1 aliphatic rings. The zero-order valence-electron chi connectivity index (χ0n) is 12.2. The molecule has 20 heavy (non-hydrogen) atoms. The lowest BCUT2D eigenvalue weighted by molar-refractivity contribution is -0.121. The number of carbonyl (C=O) groups is 1. The van der Waals surface area contributed by atoms with E-state index in [1.165, 1.54) is 5.56 Å². The number of benzene rings is 1. The second kappa shape index (κ2) is 7.26. The maximum absolute atomic E-state index is 12.1. The quantitative estimate of drug-likeness (QED) is 0.771. The maximum Gasteiger partial charge on any atom is 0.242 e. The Balaban J connectivity index is 1.69. The number of anilines is 1.